The van der Waals surface area contributed by atoms with Gasteiger partial charge in [0.25, 0.3) is 0 Å². The first kappa shape index (κ1) is 45.7. The monoisotopic (exact) mass is 819 g/mol. The summed E-state index contributed by atoms with van der Waals surface area (Å²) in [6.45, 7) is 6.60. The summed E-state index contributed by atoms with van der Waals surface area (Å²) in [4.78, 5) is 16.5. The van der Waals surface area contributed by atoms with Gasteiger partial charge in [0.05, 0.1) is 34.2 Å². The van der Waals surface area contributed by atoms with E-state index >= 15 is 0 Å². The smallest absolute Gasteiger partial charge is 1.00 e. The molecule has 3 nitrogen and oxygen atoms in total. The second-order valence-corrected chi connectivity index (χ2v) is 16.2. The molecule has 0 N–H and O–H groups in total. The summed E-state index contributed by atoms with van der Waals surface area (Å²) < 4.78 is 0. The van der Waals surface area contributed by atoms with E-state index in [1.165, 1.54) is 168 Å². The van der Waals surface area contributed by atoms with Gasteiger partial charge in [-0.3, -0.25) is 9.98 Å². The number of rotatable bonds is 8. The fourth-order valence-electron chi connectivity index (χ4n) is 9.88. The van der Waals surface area contributed by atoms with Crippen LogP contribution in [0.1, 0.15) is 205 Å². The Labute approximate surface area is 350 Å². The minimum absolute atomic E-state index is 0. The third-order valence-electron chi connectivity index (χ3n) is 12.6. The molecule has 0 amide bonds. The first-order chi connectivity index (χ1) is 24.0. The van der Waals surface area contributed by atoms with Crippen molar-refractivity contribution in [1.82, 2.24) is 4.98 Å². The third-order valence-corrected chi connectivity index (χ3v) is 12.6. The van der Waals surface area contributed by atoms with E-state index in [1.54, 1.807) is 0 Å². The van der Waals surface area contributed by atoms with Crippen LogP contribution < -0.4 is 37.2 Å². The molecule has 4 aliphatic rings. The maximum Gasteiger partial charge on any atom is 3.00 e. The molecule has 7 rings (SSSR count). The van der Waals surface area contributed by atoms with Crippen molar-refractivity contribution < 1.29 is 54.0 Å². The first-order valence-corrected chi connectivity index (χ1v) is 20.4. The van der Waals surface area contributed by atoms with Crippen LogP contribution >= 0.6 is 0 Å². The van der Waals surface area contributed by atoms with Crippen molar-refractivity contribution in [2.75, 3.05) is 0 Å². The van der Waals surface area contributed by atoms with Gasteiger partial charge in [0, 0.05) is 0 Å². The van der Waals surface area contributed by atoms with E-state index in [0.717, 1.165) is 22.8 Å². The SMILES string of the molecule is CC(=Nc1c(C2CCCCC2)cccc1C1CCCCC1)c1cc(C)cc(C(C)=Nc2c(C3CCCCC3)cccc2C2CCCCC2)n1.[Cl-].[Cl-].[Cl-].[Co+3]. The van der Waals surface area contributed by atoms with E-state index in [-0.39, 0.29) is 54.0 Å². The zero-order chi connectivity index (χ0) is 33.6. The van der Waals surface area contributed by atoms with Gasteiger partial charge in [0.1, 0.15) is 0 Å². The van der Waals surface area contributed by atoms with Crippen molar-refractivity contribution >= 4 is 22.8 Å². The number of halogens is 3. The number of benzene rings is 2. The third kappa shape index (κ3) is 11.2. The average molecular weight is 821 g/mol. The molecule has 4 aliphatic carbocycles. The van der Waals surface area contributed by atoms with Gasteiger partial charge in [-0.05, 0) is 136 Å². The van der Waals surface area contributed by atoms with Gasteiger partial charge in [0.2, 0.25) is 0 Å². The molecule has 0 saturated heterocycles. The van der Waals surface area contributed by atoms with Crippen molar-refractivity contribution in [3.63, 3.8) is 0 Å². The number of pyridine rings is 1. The first-order valence-electron chi connectivity index (χ1n) is 20.4. The Morgan fingerprint density at radius 2 is 0.736 bits per heavy atom. The predicted octanol–water partition coefficient (Wildman–Crippen LogP) is 4.87. The Morgan fingerprint density at radius 1 is 0.472 bits per heavy atom. The van der Waals surface area contributed by atoms with E-state index in [1.807, 2.05) is 0 Å². The van der Waals surface area contributed by atoms with E-state index in [4.69, 9.17) is 15.0 Å². The molecule has 0 spiro atoms. The molecule has 1 aromatic heterocycles. The summed E-state index contributed by atoms with van der Waals surface area (Å²) in [5, 5.41) is 0. The summed E-state index contributed by atoms with van der Waals surface area (Å²) >= 11 is 0. The quantitative estimate of drug-likeness (QED) is 0.299. The van der Waals surface area contributed by atoms with Crippen LogP contribution in [-0.4, -0.2) is 16.4 Å². The van der Waals surface area contributed by atoms with E-state index in [2.05, 4.69) is 69.3 Å². The van der Waals surface area contributed by atoms with E-state index in [9.17, 15) is 0 Å². The van der Waals surface area contributed by atoms with Crippen LogP contribution in [0.3, 0.4) is 0 Å². The molecule has 4 fully saturated rings. The predicted molar refractivity (Wildman–Crippen MR) is 209 cm³/mol. The number of hydrogen-bond donors (Lipinski definition) is 0. The normalized spacial score (nSPS) is 19.7. The number of aliphatic imine (C=N–C) groups is 2. The molecule has 0 radical (unpaired) electrons. The Kier molecular flexibility index (Phi) is 19.1. The van der Waals surface area contributed by atoms with E-state index < -0.39 is 0 Å². The van der Waals surface area contributed by atoms with Crippen molar-refractivity contribution in [2.24, 2.45) is 9.98 Å². The van der Waals surface area contributed by atoms with Crippen molar-refractivity contribution in [1.29, 1.82) is 0 Å². The number of hydrogen-bond acceptors (Lipinski definition) is 3. The molecule has 3 aromatic rings. The average Bonchev–Trinajstić information content (AvgIpc) is 3.16. The van der Waals surface area contributed by atoms with Gasteiger partial charge < -0.3 is 37.2 Å². The van der Waals surface area contributed by atoms with Gasteiger partial charge in [-0.1, -0.05) is 113 Å². The zero-order valence-corrected chi connectivity index (χ0v) is 35.7. The summed E-state index contributed by atoms with van der Waals surface area (Å²) in [6.07, 6.45) is 26.6. The summed E-state index contributed by atoms with van der Waals surface area (Å²) in [5.74, 6) is 2.51. The molecule has 0 aliphatic heterocycles. The Morgan fingerprint density at radius 3 is 1.00 bits per heavy atom. The topological polar surface area (TPSA) is 37.6 Å². The zero-order valence-electron chi connectivity index (χ0n) is 32.4. The van der Waals surface area contributed by atoms with Crippen LogP contribution in [0, 0.1) is 6.92 Å². The largest absolute Gasteiger partial charge is 3.00 e. The van der Waals surface area contributed by atoms with Gasteiger partial charge >= 0.3 is 16.8 Å². The molecule has 290 valence electrons. The van der Waals surface area contributed by atoms with Gasteiger partial charge in [-0.15, -0.1) is 0 Å². The Hall–Kier alpha value is -1.69. The molecule has 0 bridgehead atoms. The second-order valence-electron chi connectivity index (χ2n) is 16.2. The second kappa shape index (κ2) is 22.2. The minimum atomic E-state index is 0. The Balaban J connectivity index is 0.00000189. The van der Waals surface area contributed by atoms with Crippen molar-refractivity contribution in [2.45, 2.75) is 173 Å². The molecule has 0 unspecified atom stereocenters. The van der Waals surface area contributed by atoms with Gasteiger partial charge in [0.15, 0.2) is 0 Å². The van der Waals surface area contributed by atoms with Crippen LogP contribution in [0.5, 0.6) is 0 Å². The number of aryl methyl sites for hydroxylation is 1. The van der Waals surface area contributed by atoms with Crippen LogP contribution in [-0.2, 0) is 16.8 Å². The van der Waals surface area contributed by atoms with Crippen molar-refractivity contribution in [3.8, 4) is 0 Å². The molecule has 53 heavy (non-hydrogen) atoms. The maximum absolute atomic E-state index is 5.57. The number of para-hydroxylation sites is 2. The molecule has 7 heteroatoms. The minimum Gasteiger partial charge on any atom is -1.00 e. The van der Waals surface area contributed by atoms with Crippen LogP contribution in [0.15, 0.2) is 58.5 Å². The maximum atomic E-state index is 5.57. The van der Waals surface area contributed by atoms with Crippen LogP contribution in [0.25, 0.3) is 0 Å². The van der Waals surface area contributed by atoms with Crippen LogP contribution in [0.2, 0.25) is 0 Å². The fraction of sp³-hybridized carbons (Fsp3) is 0.587. The standard InChI is InChI=1S/C46H61N3.3ClH.Co/c1-32-30-43(33(2)47-45-39(35-18-8-4-9-19-35)26-16-27-40(45)36-20-10-5-11-21-36)49-44(31-32)34(3)48-46-41(37-22-12-6-13-23-37)28-17-29-42(46)38-24-14-7-15-25-38;;;;/h16-17,26-31,35-38H,4-15,18-25H2,1-3H3;3*1H;/q;;;;+3/p-3. The molecular formula is C46H61Cl3CoN3. The number of nitrogens with zero attached hydrogens (tertiary/aromatic N) is 3. The van der Waals surface area contributed by atoms with Crippen molar-refractivity contribution in [3.05, 3.63) is 87.7 Å². The molecule has 0 atom stereocenters. The summed E-state index contributed by atoms with van der Waals surface area (Å²) in [5.41, 5.74) is 13.8. The Bertz CT molecular complexity index is 1460. The molecule has 1 heterocycles. The van der Waals surface area contributed by atoms with Gasteiger partial charge in [-0.2, -0.15) is 0 Å². The summed E-state index contributed by atoms with van der Waals surface area (Å²) in [6, 6.07) is 18.7. The summed E-state index contributed by atoms with van der Waals surface area (Å²) in [7, 11) is 0. The van der Waals surface area contributed by atoms with Crippen LogP contribution in [0.4, 0.5) is 11.4 Å². The molecular weight excluding hydrogens is 760 g/mol. The fourth-order valence-corrected chi connectivity index (χ4v) is 9.88. The molecule has 4 saturated carbocycles. The van der Waals surface area contributed by atoms with E-state index in [0.29, 0.717) is 23.7 Å². The van der Waals surface area contributed by atoms with Gasteiger partial charge in [-0.25, -0.2) is 4.98 Å². The molecule has 2 aromatic carbocycles. The number of aromatic nitrogens is 1.